The van der Waals surface area contributed by atoms with E-state index in [1.807, 2.05) is 38.1 Å². The highest BCUT2D eigenvalue weighted by Gasteiger charge is 2.16. The molecule has 1 nitrogen and oxygen atoms in total. The van der Waals surface area contributed by atoms with Crippen LogP contribution in [0.3, 0.4) is 0 Å². The maximum absolute atomic E-state index is 13.2. The van der Waals surface area contributed by atoms with Crippen LogP contribution < -0.4 is 0 Å². The first kappa shape index (κ1) is 13.5. The Kier molecular flexibility index (Phi) is 4.02. The normalized spacial score (nSPS) is 12.5. The van der Waals surface area contributed by atoms with Gasteiger partial charge in [-0.05, 0) is 83.0 Å². The molecule has 1 N–H and O–H groups in total. The van der Waals surface area contributed by atoms with Crippen molar-refractivity contribution in [2.75, 3.05) is 0 Å². The minimum absolute atomic E-state index is 0.261. The van der Waals surface area contributed by atoms with Gasteiger partial charge in [-0.25, -0.2) is 4.39 Å². The molecule has 18 heavy (non-hydrogen) atoms. The highest BCUT2D eigenvalue weighted by atomic mass is 127. The summed E-state index contributed by atoms with van der Waals surface area (Å²) in [6.07, 6.45) is -0.706. The fourth-order valence-corrected chi connectivity index (χ4v) is 2.52. The zero-order valence-corrected chi connectivity index (χ0v) is 12.4. The van der Waals surface area contributed by atoms with Crippen LogP contribution in [-0.4, -0.2) is 5.11 Å². The summed E-state index contributed by atoms with van der Waals surface area (Å²) in [7, 11) is 0. The molecule has 0 saturated heterocycles. The van der Waals surface area contributed by atoms with Gasteiger partial charge in [0.25, 0.3) is 0 Å². The van der Waals surface area contributed by atoms with Crippen LogP contribution in [0.2, 0.25) is 0 Å². The molecule has 0 aliphatic rings. The van der Waals surface area contributed by atoms with Crippen LogP contribution in [0.5, 0.6) is 0 Å². The molecule has 0 bridgehead atoms. The second-order valence-electron chi connectivity index (χ2n) is 4.41. The van der Waals surface area contributed by atoms with Crippen molar-refractivity contribution in [1.82, 2.24) is 0 Å². The third-order valence-electron chi connectivity index (χ3n) is 3.02. The maximum Gasteiger partial charge on any atom is 0.123 e. The molecule has 2 aromatic rings. The molecule has 0 heterocycles. The van der Waals surface area contributed by atoms with Crippen LogP contribution in [0.1, 0.15) is 28.4 Å². The van der Waals surface area contributed by atoms with E-state index in [9.17, 15) is 9.50 Å². The van der Waals surface area contributed by atoms with E-state index in [0.717, 1.165) is 25.8 Å². The van der Waals surface area contributed by atoms with Gasteiger partial charge in [0, 0.05) is 3.57 Å². The Morgan fingerprint density at radius 1 is 1.06 bits per heavy atom. The Hall–Kier alpha value is -0.940. The molecule has 2 rings (SSSR count). The number of rotatable bonds is 2. The molecular formula is C15H14FIO. The lowest BCUT2D eigenvalue weighted by Gasteiger charge is -2.17. The first-order valence-electron chi connectivity index (χ1n) is 5.69. The minimum atomic E-state index is -0.706. The van der Waals surface area contributed by atoms with E-state index < -0.39 is 6.10 Å². The van der Waals surface area contributed by atoms with Crippen molar-refractivity contribution in [1.29, 1.82) is 0 Å². The van der Waals surface area contributed by atoms with E-state index in [4.69, 9.17) is 0 Å². The van der Waals surface area contributed by atoms with Gasteiger partial charge in [-0.15, -0.1) is 0 Å². The summed E-state index contributed by atoms with van der Waals surface area (Å²) >= 11 is 2.22. The molecule has 1 unspecified atom stereocenters. The molecule has 0 radical (unpaired) electrons. The summed E-state index contributed by atoms with van der Waals surface area (Å²) in [5, 5.41) is 10.4. The summed E-state index contributed by atoms with van der Waals surface area (Å²) in [4.78, 5) is 0. The zero-order valence-electron chi connectivity index (χ0n) is 10.2. The quantitative estimate of drug-likeness (QED) is 0.803. The second kappa shape index (κ2) is 5.36. The van der Waals surface area contributed by atoms with Crippen LogP contribution in [0.4, 0.5) is 4.39 Å². The van der Waals surface area contributed by atoms with Crippen molar-refractivity contribution in [2.24, 2.45) is 0 Å². The Labute approximate surface area is 120 Å². The van der Waals surface area contributed by atoms with Crippen molar-refractivity contribution in [3.63, 3.8) is 0 Å². The summed E-state index contributed by atoms with van der Waals surface area (Å²) in [5.74, 6) is -0.261. The molecule has 0 fully saturated rings. The zero-order chi connectivity index (χ0) is 13.3. The maximum atomic E-state index is 13.2. The minimum Gasteiger partial charge on any atom is -0.384 e. The smallest absolute Gasteiger partial charge is 0.123 e. The van der Waals surface area contributed by atoms with E-state index in [2.05, 4.69) is 22.6 Å². The highest BCUT2D eigenvalue weighted by molar-refractivity contribution is 14.1. The average molecular weight is 356 g/mol. The first-order chi connectivity index (χ1) is 8.49. The van der Waals surface area contributed by atoms with Gasteiger partial charge in [-0.1, -0.05) is 12.1 Å². The second-order valence-corrected chi connectivity index (χ2v) is 5.65. The number of hydrogen-bond acceptors (Lipinski definition) is 1. The van der Waals surface area contributed by atoms with Gasteiger partial charge >= 0.3 is 0 Å². The average Bonchev–Trinajstić information content (AvgIpc) is 2.28. The SMILES string of the molecule is Cc1cc(F)cc(C)c1C(O)c1ccc(I)cc1. The van der Waals surface area contributed by atoms with E-state index >= 15 is 0 Å². The summed E-state index contributed by atoms with van der Waals surface area (Å²) < 4.78 is 14.4. The Morgan fingerprint density at radius 2 is 1.56 bits per heavy atom. The third-order valence-corrected chi connectivity index (χ3v) is 3.74. The summed E-state index contributed by atoms with van der Waals surface area (Å²) in [6, 6.07) is 10.6. The topological polar surface area (TPSA) is 20.2 Å². The Balaban J connectivity index is 2.46. The number of aliphatic hydroxyl groups is 1. The van der Waals surface area contributed by atoms with Gasteiger partial charge in [0.15, 0.2) is 0 Å². The van der Waals surface area contributed by atoms with Crippen LogP contribution in [0, 0.1) is 23.2 Å². The van der Waals surface area contributed by atoms with E-state index in [1.54, 1.807) is 0 Å². The molecule has 1 atom stereocenters. The molecule has 0 aromatic heterocycles. The van der Waals surface area contributed by atoms with Gasteiger partial charge < -0.3 is 5.11 Å². The fraction of sp³-hybridized carbons (Fsp3) is 0.200. The van der Waals surface area contributed by atoms with Crippen molar-refractivity contribution >= 4 is 22.6 Å². The standard InChI is InChI=1S/C15H14FIO/c1-9-7-12(16)8-10(2)14(9)15(18)11-3-5-13(17)6-4-11/h3-8,15,18H,1-2H3. The van der Waals surface area contributed by atoms with Gasteiger partial charge in [-0.3, -0.25) is 0 Å². The first-order valence-corrected chi connectivity index (χ1v) is 6.77. The van der Waals surface area contributed by atoms with Crippen molar-refractivity contribution in [2.45, 2.75) is 20.0 Å². The number of hydrogen-bond donors (Lipinski definition) is 1. The predicted molar refractivity (Wildman–Crippen MR) is 79.1 cm³/mol. The molecular weight excluding hydrogens is 342 g/mol. The number of aliphatic hydroxyl groups excluding tert-OH is 1. The van der Waals surface area contributed by atoms with E-state index in [0.29, 0.717) is 0 Å². The van der Waals surface area contributed by atoms with Crippen LogP contribution >= 0.6 is 22.6 Å². The van der Waals surface area contributed by atoms with Gasteiger partial charge in [0.1, 0.15) is 11.9 Å². The number of halogens is 2. The molecule has 0 spiro atoms. The lowest BCUT2D eigenvalue weighted by atomic mass is 9.93. The van der Waals surface area contributed by atoms with Gasteiger partial charge in [0.2, 0.25) is 0 Å². The number of benzene rings is 2. The summed E-state index contributed by atoms with van der Waals surface area (Å²) in [5.41, 5.74) is 3.17. The predicted octanol–water partition coefficient (Wildman–Crippen LogP) is 4.13. The Bertz CT molecular complexity index is 540. The third kappa shape index (κ3) is 2.72. The molecule has 0 aliphatic heterocycles. The fourth-order valence-electron chi connectivity index (χ4n) is 2.16. The number of aryl methyl sites for hydroxylation is 2. The monoisotopic (exact) mass is 356 g/mol. The van der Waals surface area contributed by atoms with Crippen LogP contribution in [0.25, 0.3) is 0 Å². The van der Waals surface area contributed by atoms with E-state index in [1.165, 1.54) is 12.1 Å². The largest absolute Gasteiger partial charge is 0.384 e. The summed E-state index contributed by atoms with van der Waals surface area (Å²) in [6.45, 7) is 3.64. The molecule has 3 heteroatoms. The van der Waals surface area contributed by atoms with E-state index in [-0.39, 0.29) is 5.82 Å². The molecule has 0 amide bonds. The molecule has 0 saturated carbocycles. The Morgan fingerprint density at radius 3 is 2.06 bits per heavy atom. The van der Waals surface area contributed by atoms with Crippen molar-refractivity contribution < 1.29 is 9.50 Å². The lowest BCUT2D eigenvalue weighted by molar-refractivity contribution is 0.218. The van der Waals surface area contributed by atoms with Gasteiger partial charge in [-0.2, -0.15) is 0 Å². The van der Waals surface area contributed by atoms with Crippen molar-refractivity contribution in [3.05, 3.63) is 68.0 Å². The molecule has 94 valence electrons. The molecule has 0 aliphatic carbocycles. The van der Waals surface area contributed by atoms with Crippen molar-refractivity contribution in [3.8, 4) is 0 Å². The highest BCUT2D eigenvalue weighted by Crippen LogP contribution is 2.28. The van der Waals surface area contributed by atoms with Gasteiger partial charge in [0.05, 0.1) is 0 Å². The van der Waals surface area contributed by atoms with Crippen LogP contribution in [-0.2, 0) is 0 Å². The molecule has 2 aromatic carbocycles. The van der Waals surface area contributed by atoms with Crippen LogP contribution in [0.15, 0.2) is 36.4 Å². The lowest BCUT2D eigenvalue weighted by Crippen LogP contribution is -2.05.